The lowest BCUT2D eigenvalue weighted by Crippen LogP contribution is -2.47. The van der Waals surface area contributed by atoms with E-state index in [9.17, 15) is 4.79 Å². The number of likely N-dealkylation sites (N-methyl/N-ethyl adjacent to an activating group) is 1. The molecule has 1 amide bonds. The molecule has 0 aromatic heterocycles. The molecular formula is C20H26N2O. The highest BCUT2D eigenvalue weighted by molar-refractivity contribution is 5.82. The zero-order valence-electron chi connectivity index (χ0n) is 14.2. The lowest BCUT2D eigenvalue weighted by Gasteiger charge is -2.27. The normalized spacial score (nSPS) is 12.7. The Balaban J connectivity index is 1.94. The van der Waals surface area contributed by atoms with Crippen LogP contribution in [0.2, 0.25) is 0 Å². The third-order valence-corrected chi connectivity index (χ3v) is 4.21. The Morgan fingerprint density at radius 3 is 2.13 bits per heavy atom. The molecule has 3 nitrogen and oxygen atoms in total. The summed E-state index contributed by atoms with van der Waals surface area (Å²) in [6, 6.07) is 20.1. The molecule has 1 unspecified atom stereocenters. The number of hydrogen-bond donors (Lipinski definition) is 2. The van der Waals surface area contributed by atoms with E-state index in [-0.39, 0.29) is 17.4 Å². The van der Waals surface area contributed by atoms with Gasteiger partial charge in [-0.15, -0.1) is 0 Å². The Morgan fingerprint density at radius 1 is 1.00 bits per heavy atom. The molecule has 1 atom stereocenters. The number of hydrogen-bond acceptors (Lipinski definition) is 2. The fraction of sp³-hybridized carbons (Fsp3) is 0.350. The number of benzene rings is 2. The van der Waals surface area contributed by atoms with Crippen LogP contribution in [0.25, 0.3) is 0 Å². The second kappa shape index (κ2) is 7.93. The van der Waals surface area contributed by atoms with Crippen LogP contribution in [0, 0.1) is 0 Å². The molecule has 0 spiro atoms. The summed E-state index contributed by atoms with van der Waals surface area (Å²) >= 11 is 0. The van der Waals surface area contributed by atoms with Gasteiger partial charge >= 0.3 is 0 Å². The summed E-state index contributed by atoms with van der Waals surface area (Å²) in [6.45, 7) is 4.91. The van der Waals surface area contributed by atoms with Gasteiger partial charge in [-0.1, -0.05) is 74.5 Å². The van der Waals surface area contributed by atoms with E-state index in [1.807, 2.05) is 55.6 Å². The van der Waals surface area contributed by atoms with Crippen molar-refractivity contribution < 1.29 is 4.79 Å². The van der Waals surface area contributed by atoms with E-state index >= 15 is 0 Å². The van der Waals surface area contributed by atoms with Crippen molar-refractivity contribution in [2.75, 3.05) is 13.6 Å². The van der Waals surface area contributed by atoms with Gasteiger partial charge in [0.2, 0.25) is 5.91 Å². The fourth-order valence-electron chi connectivity index (χ4n) is 2.60. The van der Waals surface area contributed by atoms with E-state index in [4.69, 9.17) is 0 Å². The molecule has 2 N–H and O–H groups in total. The first-order valence-electron chi connectivity index (χ1n) is 8.07. The molecule has 0 saturated heterocycles. The zero-order valence-corrected chi connectivity index (χ0v) is 14.2. The van der Waals surface area contributed by atoms with Crippen LogP contribution >= 0.6 is 0 Å². The molecule has 2 rings (SSSR count). The topological polar surface area (TPSA) is 41.1 Å². The van der Waals surface area contributed by atoms with E-state index in [1.54, 1.807) is 0 Å². The van der Waals surface area contributed by atoms with Crippen LogP contribution in [0.3, 0.4) is 0 Å². The first-order valence-corrected chi connectivity index (χ1v) is 8.07. The van der Waals surface area contributed by atoms with Crippen molar-refractivity contribution in [1.82, 2.24) is 10.6 Å². The van der Waals surface area contributed by atoms with E-state index in [0.29, 0.717) is 13.0 Å². The monoisotopic (exact) mass is 310 g/mol. The Labute approximate surface area is 139 Å². The number of carbonyl (C=O) groups excluding carboxylic acids is 1. The molecule has 0 heterocycles. The zero-order chi connectivity index (χ0) is 16.7. The SMILES string of the molecule is CNC(Cc1ccccc1)C(=O)NCC(C)(C)c1ccccc1. The van der Waals surface area contributed by atoms with Crippen LogP contribution < -0.4 is 10.6 Å². The quantitative estimate of drug-likeness (QED) is 0.825. The summed E-state index contributed by atoms with van der Waals surface area (Å²) in [6.07, 6.45) is 0.689. The number of carbonyl (C=O) groups is 1. The van der Waals surface area contributed by atoms with Crippen LogP contribution in [0.5, 0.6) is 0 Å². The van der Waals surface area contributed by atoms with Gasteiger partial charge in [0.1, 0.15) is 0 Å². The van der Waals surface area contributed by atoms with Crippen LogP contribution in [-0.2, 0) is 16.6 Å². The lowest BCUT2D eigenvalue weighted by atomic mass is 9.84. The van der Waals surface area contributed by atoms with Gasteiger partial charge in [-0.2, -0.15) is 0 Å². The molecule has 23 heavy (non-hydrogen) atoms. The highest BCUT2D eigenvalue weighted by Gasteiger charge is 2.23. The second-order valence-electron chi connectivity index (χ2n) is 6.50. The van der Waals surface area contributed by atoms with Gasteiger partial charge in [-0.25, -0.2) is 0 Å². The van der Waals surface area contributed by atoms with Gasteiger partial charge in [-0.3, -0.25) is 4.79 Å². The Morgan fingerprint density at radius 2 is 1.57 bits per heavy atom. The van der Waals surface area contributed by atoms with E-state index < -0.39 is 0 Å². The van der Waals surface area contributed by atoms with Gasteiger partial charge in [0, 0.05) is 12.0 Å². The minimum absolute atomic E-state index is 0.0420. The minimum atomic E-state index is -0.219. The molecular weight excluding hydrogens is 284 g/mol. The van der Waals surface area contributed by atoms with Crippen LogP contribution in [0.15, 0.2) is 60.7 Å². The first kappa shape index (κ1) is 17.2. The molecule has 2 aromatic carbocycles. The largest absolute Gasteiger partial charge is 0.354 e. The van der Waals surface area contributed by atoms with Crippen molar-refractivity contribution in [2.24, 2.45) is 0 Å². The summed E-state index contributed by atoms with van der Waals surface area (Å²) in [7, 11) is 1.83. The third-order valence-electron chi connectivity index (χ3n) is 4.21. The van der Waals surface area contributed by atoms with Crippen molar-refractivity contribution >= 4 is 5.91 Å². The van der Waals surface area contributed by atoms with Gasteiger partial charge in [0.15, 0.2) is 0 Å². The van der Waals surface area contributed by atoms with E-state index in [1.165, 1.54) is 5.56 Å². The summed E-state index contributed by atoms with van der Waals surface area (Å²) in [5, 5.41) is 6.21. The molecule has 0 aliphatic rings. The third kappa shape index (κ3) is 4.93. The molecule has 0 aliphatic heterocycles. The standard InChI is InChI=1S/C20H26N2O/c1-20(2,17-12-8-5-9-13-17)15-22-19(23)18(21-3)14-16-10-6-4-7-11-16/h4-13,18,21H,14-15H2,1-3H3,(H,22,23). The van der Waals surface area contributed by atoms with Crippen LogP contribution in [0.4, 0.5) is 0 Å². The Kier molecular flexibility index (Phi) is 5.94. The maximum absolute atomic E-state index is 12.5. The van der Waals surface area contributed by atoms with Gasteiger partial charge in [0.05, 0.1) is 6.04 Å². The number of nitrogens with one attached hydrogen (secondary N) is 2. The predicted molar refractivity (Wildman–Crippen MR) is 95.5 cm³/mol. The van der Waals surface area contributed by atoms with Crippen molar-refractivity contribution in [2.45, 2.75) is 31.7 Å². The van der Waals surface area contributed by atoms with E-state index in [0.717, 1.165) is 5.56 Å². The van der Waals surface area contributed by atoms with Crippen molar-refractivity contribution in [3.05, 3.63) is 71.8 Å². The Hall–Kier alpha value is -2.13. The van der Waals surface area contributed by atoms with Gasteiger partial charge in [0.25, 0.3) is 0 Å². The highest BCUT2D eigenvalue weighted by Crippen LogP contribution is 2.21. The second-order valence-corrected chi connectivity index (χ2v) is 6.50. The van der Waals surface area contributed by atoms with Gasteiger partial charge < -0.3 is 10.6 Å². The summed E-state index contributed by atoms with van der Waals surface area (Å²) in [5.74, 6) is 0.0420. The molecule has 0 bridgehead atoms. The average Bonchev–Trinajstić information content (AvgIpc) is 2.59. The molecule has 0 fully saturated rings. The maximum atomic E-state index is 12.5. The summed E-state index contributed by atoms with van der Waals surface area (Å²) in [5.41, 5.74) is 2.29. The van der Waals surface area contributed by atoms with Crippen molar-refractivity contribution in [3.63, 3.8) is 0 Å². The van der Waals surface area contributed by atoms with Gasteiger partial charge in [-0.05, 0) is 24.6 Å². The maximum Gasteiger partial charge on any atom is 0.237 e. The molecule has 0 aliphatic carbocycles. The van der Waals surface area contributed by atoms with E-state index in [2.05, 4.69) is 36.6 Å². The summed E-state index contributed by atoms with van der Waals surface area (Å²) < 4.78 is 0. The molecule has 0 saturated carbocycles. The minimum Gasteiger partial charge on any atom is -0.354 e. The molecule has 122 valence electrons. The lowest BCUT2D eigenvalue weighted by molar-refractivity contribution is -0.123. The van der Waals surface area contributed by atoms with Crippen LogP contribution in [0.1, 0.15) is 25.0 Å². The van der Waals surface area contributed by atoms with Crippen molar-refractivity contribution in [3.8, 4) is 0 Å². The average molecular weight is 310 g/mol. The van der Waals surface area contributed by atoms with Crippen molar-refractivity contribution in [1.29, 1.82) is 0 Å². The summed E-state index contributed by atoms with van der Waals surface area (Å²) in [4.78, 5) is 12.5. The smallest absolute Gasteiger partial charge is 0.237 e. The molecule has 3 heteroatoms. The Bertz CT molecular complexity index is 608. The first-order chi connectivity index (χ1) is 11.0. The highest BCUT2D eigenvalue weighted by atomic mass is 16.2. The fourth-order valence-corrected chi connectivity index (χ4v) is 2.60. The molecule has 2 aromatic rings. The molecule has 0 radical (unpaired) electrons. The number of amides is 1. The predicted octanol–water partition coefficient (Wildman–Crippen LogP) is 2.91. The van der Waals surface area contributed by atoms with Crippen LogP contribution in [-0.4, -0.2) is 25.5 Å². The number of rotatable bonds is 7.